The summed E-state index contributed by atoms with van der Waals surface area (Å²) in [6, 6.07) is 23.5. The van der Waals surface area contributed by atoms with E-state index in [2.05, 4.69) is 98.1 Å². The maximum absolute atomic E-state index is 5.93. The lowest BCUT2D eigenvalue weighted by Crippen LogP contribution is -2.28. The number of anilines is 2. The molecule has 5 nitrogen and oxygen atoms in total. The van der Waals surface area contributed by atoms with Crippen LogP contribution in [0.2, 0.25) is 0 Å². The monoisotopic (exact) mass is 419 g/mol. The predicted molar refractivity (Wildman–Crippen MR) is 112 cm³/mol. The molecule has 134 valence electrons. The Kier molecular flexibility index (Phi) is 3.86. The first-order chi connectivity index (χ1) is 13.2. The molecular weight excluding hydrogens is 402 g/mol. The highest BCUT2D eigenvalue weighted by Gasteiger charge is 2.31. The number of nitrogens with one attached hydrogen (secondary N) is 1. The Labute approximate surface area is 165 Å². The molecular formula is C21H18BrN5. The molecule has 0 bridgehead atoms. The molecule has 0 fully saturated rings. The molecule has 0 amide bonds. The Bertz CT molecular complexity index is 1110. The lowest BCUT2D eigenvalue weighted by atomic mass is 9.90. The van der Waals surface area contributed by atoms with Crippen LogP contribution in [0, 0.1) is 0 Å². The Morgan fingerprint density at radius 3 is 2.63 bits per heavy atom. The van der Waals surface area contributed by atoms with E-state index in [4.69, 9.17) is 5.73 Å². The average Bonchev–Trinajstić information content (AvgIpc) is 3.07. The fraction of sp³-hybridized carbons (Fsp3) is 0.143. The van der Waals surface area contributed by atoms with Crippen molar-refractivity contribution in [3.05, 3.63) is 82.3 Å². The lowest BCUT2D eigenvalue weighted by Gasteiger charge is -2.32. The zero-order chi connectivity index (χ0) is 18.4. The highest BCUT2D eigenvalue weighted by molar-refractivity contribution is 9.10. The van der Waals surface area contributed by atoms with Gasteiger partial charge in [-0.1, -0.05) is 70.5 Å². The van der Waals surface area contributed by atoms with E-state index >= 15 is 0 Å². The summed E-state index contributed by atoms with van der Waals surface area (Å²) in [7, 11) is 0. The number of nitrogens with zero attached hydrogens (tertiary/aromatic N) is 3. The molecule has 0 spiro atoms. The molecule has 0 aliphatic carbocycles. The highest BCUT2D eigenvalue weighted by Crippen LogP contribution is 2.40. The van der Waals surface area contributed by atoms with Gasteiger partial charge >= 0.3 is 0 Å². The van der Waals surface area contributed by atoms with Crippen molar-refractivity contribution in [3.63, 3.8) is 0 Å². The Hall–Kier alpha value is -2.86. The van der Waals surface area contributed by atoms with Gasteiger partial charge < -0.3 is 11.1 Å². The Morgan fingerprint density at radius 1 is 1.00 bits per heavy atom. The van der Waals surface area contributed by atoms with E-state index in [0.717, 1.165) is 10.9 Å². The minimum Gasteiger partial charge on any atom is -0.366 e. The van der Waals surface area contributed by atoms with Gasteiger partial charge in [-0.3, -0.25) is 0 Å². The van der Waals surface area contributed by atoms with Crippen molar-refractivity contribution < 1.29 is 0 Å². The van der Waals surface area contributed by atoms with Crippen LogP contribution in [0.15, 0.2) is 71.2 Å². The summed E-state index contributed by atoms with van der Waals surface area (Å²) in [6.45, 7) is 0. The van der Waals surface area contributed by atoms with Gasteiger partial charge in [-0.15, -0.1) is 5.10 Å². The standard InChI is InChI=1S/C21H18BrN5/c22-15-10-8-14(9-11-15)18-12-19(27-21(24-18)25-20(23)26-27)17-7-3-5-13-4-1-2-6-16(13)17/h1-11,18-19H,12H2,(H3,23,24,25,26). The summed E-state index contributed by atoms with van der Waals surface area (Å²) in [6.07, 6.45) is 0.867. The summed E-state index contributed by atoms with van der Waals surface area (Å²) in [5.41, 5.74) is 8.38. The van der Waals surface area contributed by atoms with Crippen LogP contribution >= 0.6 is 15.9 Å². The summed E-state index contributed by atoms with van der Waals surface area (Å²) in [4.78, 5) is 4.41. The fourth-order valence-corrected chi connectivity index (χ4v) is 4.17. The molecule has 0 saturated heterocycles. The second-order valence-electron chi connectivity index (χ2n) is 6.81. The zero-order valence-electron chi connectivity index (χ0n) is 14.5. The number of nitrogen functional groups attached to an aromatic ring is 1. The van der Waals surface area contributed by atoms with E-state index in [1.54, 1.807) is 0 Å². The molecule has 3 N–H and O–H groups in total. The van der Waals surface area contributed by atoms with Gasteiger partial charge in [-0.25, -0.2) is 4.68 Å². The molecule has 3 aromatic carbocycles. The predicted octanol–water partition coefficient (Wildman–Crippen LogP) is 4.92. The van der Waals surface area contributed by atoms with Crippen molar-refractivity contribution in [1.29, 1.82) is 0 Å². The summed E-state index contributed by atoms with van der Waals surface area (Å²) in [5.74, 6) is 1.00. The molecule has 1 aliphatic heterocycles. The molecule has 6 heteroatoms. The van der Waals surface area contributed by atoms with Crippen molar-refractivity contribution in [2.45, 2.75) is 18.5 Å². The first-order valence-corrected chi connectivity index (χ1v) is 9.70. The van der Waals surface area contributed by atoms with Crippen LogP contribution in [-0.4, -0.2) is 14.8 Å². The number of benzene rings is 3. The van der Waals surface area contributed by atoms with Crippen molar-refractivity contribution in [2.75, 3.05) is 11.1 Å². The van der Waals surface area contributed by atoms with Crippen LogP contribution < -0.4 is 11.1 Å². The van der Waals surface area contributed by atoms with Gasteiger partial charge in [0.25, 0.3) is 0 Å². The number of fused-ring (bicyclic) bond motifs is 2. The highest BCUT2D eigenvalue weighted by atomic mass is 79.9. The molecule has 4 aromatic rings. The zero-order valence-corrected chi connectivity index (χ0v) is 16.1. The van der Waals surface area contributed by atoms with E-state index in [0.29, 0.717) is 11.9 Å². The second kappa shape index (κ2) is 6.39. The largest absolute Gasteiger partial charge is 0.366 e. The normalized spacial score (nSPS) is 18.9. The maximum atomic E-state index is 5.93. The summed E-state index contributed by atoms with van der Waals surface area (Å²) < 4.78 is 2.99. The molecule has 5 rings (SSSR count). The average molecular weight is 420 g/mol. The van der Waals surface area contributed by atoms with Crippen LogP contribution in [0.1, 0.15) is 29.6 Å². The number of hydrogen-bond acceptors (Lipinski definition) is 4. The molecule has 1 aliphatic rings. The van der Waals surface area contributed by atoms with Gasteiger partial charge in [0.15, 0.2) is 0 Å². The van der Waals surface area contributed by atoms with Crippen molar-refractivity contribution in [1.82, 2.24) is 14.8 Å². The number of rotatable bonds is 2. The van der Waals surface area contributed by atoms with Gasteiger partial charge in [-0.05, 0) is 40.5 Å². The molecule has 0 saturated carbocycles. The third-order valence-corrected chi connectivity index (χ3v) is 5.69. The van der Waals surface area contributed by atoms with Gasteiger partial charge in [0.2, 0.25) is 11.9 Å². The number of aromatic nitrogens is 3. The van der Waals surface area contributed by atoms with Crippen LogP contribution in [0.25, 0.3) is 10.8 Å². The van der Waals surface area contributed by atoms with Crippen molar-refractivity contribution >= 4 is 38.6 Å². The van der Waals surface area contributed by atoms with E-state index in [1.165, 1.54) is 21.9 Å². The molecule has 2 heterocycles. The first-order valence-electron chi connectivity index (χ1n) is 8.91. The topological polar surface area (TPSA) is 68.8 Å². The first kappa shape index (κ1) is 16.3. The second-order valence-corrected chi connectivity index (χ2v) is 7.72. The van der Waals surface area contributed by atoms with E-state index in [1.807, 2.05) is 4.68 Å². The van der Waals surface area contributed by atoms with Gasteiger partial charge in [0.05, 0.1) is 12.1 Å². The maximum Gasteiger partial charge on any atom is 0.241 e. The van der Waals surface area contributed by atoms with E-state index in [-0.39, 0.29) is 12.1 Å². The van der Waals surface area contributed by atoms with Crippen LogP contribution in [0.5, 0.6) is 0 Å². The molecule has 0 radical (unpaired) electrons. The Morgan fingerprint density at radius 2 is 1.78 bits per heavy atom. The molecule has 2 unspecified atom stereocenters. The molecule has 2 atom stereocenters. The van der Waals surface area contributed by atoms with Gasteiger partial charge in [0.1, 0.15) is 0 Å². The Balaban J connectivity index is 1.64. The molecule has 1 aromatic heterocycles. The summed E-state index contributed by atoms with van der Waals surface area (Å²) in [5, 5.41) is 10.4. The smallest absolute Gasteiger partial charge is 0.241 e. The van der Waals surface area contributed by atoms with Crippen LogP contribution in [0.3, 0.4) is 0 Å². The van der Waals surface area contributed by atoms with E-state index in [9.17, 15) is 0 Å². The fourth-order valence-electron chi connectivity index (χ4n) is 3.91. The van der Waals surface area contributed by atoms with Crippen molar-refractivity contribution in [3.8, 4) is 0 Å². The number of hydrogen-bond donors (Lipinski definition) is 2. The minimum absolute atomic E-state index is 0.0609. The van der Waals surface area contributed by atoms with Crippen LogP contribution in [0.4, 0.5) is 11.9 Å². The lowest BCUT2D eigenvalue weighted by molar-refractivity contribution is 0.434. The number of halogens is 1. The summed E-state index contributed by atoms with van der Waals surface area (Å²) >= 11 is 3.51. The quantitative estimate of drug-likeness (QED) is 0.483. The third kappa shape index (κ3) is 2.86. The van der Waals surface area contributed by atoms with Gasteiger partial charge in [-0.2, -0.15) is 4.98 Å². The van der Waals surface area contributed by atoms with Crippen molar-refractivity contribution in [2.24, 2.45) is 0 Å². The number of nitrogens with two attached hydrogens (primary N) is 1. The minimum atomic E-state index is 0.0609. The van der Waals surface area contributed by atoms with Crippen LogP contribution in [-0.2, 0) is 0 Å². The SMILES string of the molecule is Nc1nc2n(n1)C(c1cccc3ccccc13)CC(c1ccc(Br)cc1)N2. The van der Waals surface area contributed by atoms with Gasteiger partial charge in [0, 0.05) is 4.47 Å². The molecule has 27 heavy (non-hydrogen) atoms. The third-order valence-electron chi connectivity index (χ3n) is 5.16. The van der Waals surface area contributed by atoms with E-state index < -0.39 is 0 Å².